The second-order valence-corrected chi connectivity index (χ2v) is 7.33. The van der Waals surface area contributed by atoms with Gasteiger partial charge in [0.1, 0.15) is 0 Å². The number of nitrogens with one attached hydrogen (secondary N) is 2. The lowest BCUT2D eigenvalue weighted by molar-refractivity contribution is -0.132. The Morgan fingerprint density at radius 2 is 1.66 bits per heavy atom. The summed E-state index contributed by atoms with van der Waals surface area (Å²) in [5.41, 5.74) is 3.00. The molecule has 0 unspecified atom stereocenters. The number of carbonyl (C=O) groups is 2. The zero-order chi connectivity index (χ0) is 20.8. The van der Waals surface area contributed by atoms with Crippen LogP contribution in [-0.4, -0.2) is 36.9 Å². The summed E-state index contributed by atoms with van der Waals surface area (Å²) in [5, 5.41) is 8.44. The van der Waals surface area contributed by atoms with E-state index in [1.807, 2.05) is 56.3 Å². The molecule has 1 atom stereocenters. The van der Waals surface area contributed by atoms with Gasteiger partial charge in [-0.15, -0.1) is 0 Å². The smallest absolute Gasteiger partial charge is 0.243 e. The summed E-state index contributed by atoms with van der Waals surface area (Å²) in [7, 11) is 1.64. The van der Waals surface area contributed by atoms with Crippen LogP contribution in [0, 0.1) is 6.92 Å². The highest BCUT2D eigenvalue weighted by atomic mass is 16.2. The lowest BCUT2D eigenvalue weighted by atomic mass is 10.00. The number of aryl methyl sites for hydroxylation is 1. The van der Waals surface area contributed by atoms with Crippen LogP contribution in [0.25, 0.3) is 10.8 Å². The van der Waals surface area contributed by atoms with Gasteiger partial charge in [-0.05, 0) is 42.3 Å². The van der Waals surface area contributed by atoms with E-state index in [-0.39, 0.29) is 30.9 Å². The standard InChI is InChI=1S/C24H27N3O2/c1-17-11-13-20(14-12-17)26-23(28)16-27(3)24(29)15-25-18(2)21-10-6-8-19-7-4-5-9-22(19)21/h4-14,18,25H,15-16H2,1-3H3,(H,26,28)/t18-/m1/s1. The third kappa shape index (κ3) is 5.42. The largest absolute Gasteiger partial charge is 0.335 e. The molecule has 0 radical (unpaired) electrons. The van der Waals surface area contributed by atoms with Gasteiger partial charge in [0, 0.05) is 18.8 Å². The minimum Gasteiger partial charge on any atom is -0.335 e. The summed E-state index contributed by atoms with van der Waals surface area (Å²) in [4.78, 5) is 26.1. The maximum atomic E-state index is 12.5. The SMILES string of the molecule is Cc1ccc(NC(=O)CN(C)C(=O)CN[C@H](C)c2cccc3ccccc23)cc1. The number of fused-ring (bicyclic) bond motifs is 1. The number of carbonyl (C=O) groups excluding carboxylic acids is 2. The van der Waals surface area contributed by atoms with Gasteiger partial charge >= 0.3 is 0 Å². The first-order valence-electron chi connectivity index (χ1n) is 9.75. The third-order valence-corrected chi connectivity index (χ3v) is 4.99. The Kier molecular flexibility index (Phi) is 6.62. The molecule has 0 fully saturated rings. The molecule has 0 saturated carbocycles. The van der Waals surface area contributed by atoms with Gasteiger partial charge in [0.05, 0.1) is 13.1 Å². The molecule has 5 nitrogen and oxygen atoms in total. The molecule has 2 N–H and O–H groups in total. The molecule has 2 amide bonds. The van der Waals surface area contributed by atoms with Crippen LogP contribution in [0.3, 0.4) is 0 Å². The molecular weight excluding hydrogens is 362 g/mol. The van der Waals surface area contributed by atoms with Gasteiger partial charge < -0.3 is 15.5 Å². The number of nitrogens with zero attached hydrogens (tertiary/aromatic N) is 1. The normalized spacial score (nSPS) is 11.8. The van der Waals surface area contributed by atoms with Gasteiger partial charge in [0.25, 0.3) is 0 Å². The molecule has 0 spiro atoms. The highest BCUT2D eigenvalue weighted by Crippen LogP contribution is 2.23. The molecule has 3 aromatic rings. The lowest BCUT2D eigenvalue weighted by Crippen LogP contribution is -2.40. The molecule has 29 heavy (non-hydrogen) atoms. The third-order valence-electron chi connectivity index (χ3n) is 4.99. The summed E-state index contributed by atoms with van der Waals surface area (Å²) < 4.78 is 0. The molecule has 0 aromatic heterocycles. The van der Waals surface area contributed by atoms with Crippen molar-refractivity contribution < 1.29 is 9.59 Å². The van der Waals surface area contributed by atoms with Gasteiger partial charge in [0.15, 0.2) is 0 Å². The number of benzene rings is 3. The van der Waals surface area contributed by atoms with Crippen molar-refractivity contribution in [3.8, 4) is 0 Å². The monoisotopic (exact) mass is 389 g/mol. The average Bonchev–Trinajstić information content (AvgIpc) is 2.72. The predicted molar refractivity (Wildman–Crippen MR) is 118 cm³/mol. The minimum atomic E-state index is -0.216. The Morgan fingerprint density at radius 1 is 0.966 bits per heavy atom. The summed E-state index contributed by atoms with van der Waals surface area (Å²) in [5.74, 6) is -0.344. The fourth-order valence-corrected chi connectivity index (χ4v) is 3.25. The first-order chi connectivity index (χ1) is 13.9. The average molecular weight is 389 g/mol. The van der Waals surface area contributed by atoms with Crippen LogP contribution in [0.4, 0.5) is 5.69 Å². The van der Waals surface area contributed by atoms with Crippen LogP contribution in [0.15, 0.2) is 66.7 Å². The van der Waals surface area contributed by atoms with E-state index in [1.54, 1.807) is 7.05 Å². The second kappa shape index (κ2) is 9.34. The lowest BCUT2D eigenvalue weighted by Gasteiger charge is -2.20. The Labute approximate surface area is 171 Å². The molecule has 0 heterocycles. The number of amides is 2. The Morgan fingerprint density at radius 3 is 2.41 bits per heavy atom. The van der Waals surface area contributed by atoms with Crippen molar-refractivity contribution in [1.29, 1.82) is 0 Å². The number of rotatable bonds is 7. The zero-order valence-corrected chi connectivity index (χ0v) is 17.1. The second-order valence-electron chi connectivity index (χ2n) is 7.33. The van der Waals surface area contributed by atoms with E-state index in [0.29, 0.717) is 0 Å². The van der Waals surface area contributed by atoms with Crippen molar-refractivity contribution in [1.82, 2.24) is 10.2 Å². The molecule has 3 aromatic carbocycles. The molecule has 0 bridgehead atoms. The van der Waals surface area contributed by atoms with Crippen molar-refractivity contribution in [3.05, 3.63) is 77.9 Å². The highest BCUT2D eigenvalue weighted by molar-refractivity contribution is 5.94. The molecule has 0 aliphatic heterocycles. The quantitative estimate of drug-likeness (QED) is 0.644. The molecule has 0 saturated heterocycles. The van der Waals surface area contributed by atoms with Crippen LogP contribution >= 0.6 is 0 Å². The van der Waals surface area contributed by atoms with E-state index < -0.39 is 0 Å². The van der Waals surface area contributed by atoms with Crippen LogP contribution in [0.5, 0.6) is 0 Å². The molecule has 0 aliphatic carbocycles. The van der Waals surface area contributed by atoms with Gasteiger partial charge in [-0.2, -0.15) is 0 Å². The predicted octanol–water partition coefficient (Wildman–Crippen LogP) is 3.90. The van der Waals surface area contributed by atoms with E-state index >= 15 is 0 Å². The summed E-state index contributed by atoms with van der Waals surface area (Å²) >= 11 is 0. The van der Waals surface area contributed by atoms with E-state index in [4.69, 9.17) is 0 Å². The van der Waals surface area contributed by atoms with Crippen molar-refractivity contribution >= 4 is 28.3 Å². The fourth-order valence-electron chi connectivity index (χ4n) is 3.25. The maximum Gasteiger partial charge on any atom is 0.243 e. The zero-order valence-electron chi connectivity index (χ0n) is 17.1. The number of hydrogen-bond donors (Lipinski definition) is 2. The number of likely N-dealkylation sites (N-methyl/N-ethyl adjacent to an activating group) is 1. The van der Waals surface area contributed by atoms with Gasteiger partial charge in [-0.1, -0.05) is 60.2 Å². The van der Waals surface area contributed by atoms with Gasteiger partial charge in [-0.25, -0.2) is 0 Å². The van der Waals surface area contributed by atoms with E-state index in [2.05, 4.69) is 34.9 Å². The Balaban J connectivity index is 1.52. The van der Waals surface area contributed by atoms with Crippen LogP contribution in [-0.2, 0) is 9.59 Å². The Hall–Kier alpha value is -3.18. The van der Waals surface area contributed by atoms with Crippen molar-refractivity contribution in [2.75, 3.05) is 25.5 Å². The number of hydrogen-bond acceptors (Lipinski definition) is 3. The van der Waals surface area contributed by atoms with Crippen molar-refractivity contribution in [2.24, 2.45) is 0 Å². The van der Waals surface area contributed by atoms with Crippen molar-refractivity contribution in [2.45, 2.75) is 19.9 Å². The van der Waals surface area contributed by atoms with E-state index in [1.165, 1.54) is 15.7 Å². The summed E-state index contributed by atoms with van der Waals surface area (Å²) in [6, 6.07) is 22.0. The van der Waals surface area contributed by atoms with E-state index in [0.717, 1.165) is 16.8 Å². The fraction of sp³-hybridized carbons (Fsp3) is 0.250. The minimum absolute atomic E-state index is 0.0110. The maximum absolute atomic E-state index is 12.5. The van der Waals surface area contributed by atoms with E-state index in [9.17, 15) is 9.59 Å². The van der Waals surface area contributed by atoms with Crippen LogP contribution < -0.4 is 10.6 Å². The van der Waals surface area contributed by atoms with Gasteiger partial charge in [-0.3, -0.25) is 9.59 Å². The van der Waals surface area contributed by atoms with Crippen LogP contribution in [0.2, 0.25) is 0 Å². The van der Waals surface area contributed by atoms with Crippen molar-refractivity contribution in [3.63, 3.8) is 0 Å². The molecule has 0 aliphatic rings. The molecule has 150 valence electrons. The van der Waals surface area contributed by atoms with Crippen LogP contribution in [0.1, 0.15) is 24.1 Å². The highest BCUT2D eigenvalue weighted by Gasteiger charge is 2.15. The first-order valence-corrected chi connectivity index (χ1v) is 9.75. The molecule has 3 rings (SSSR count). The summed E-state index contributed by atoms with van der Waals surface area (Å²) in [6.07, 6.45) is 0. The number of anilines is 1. The van der Waals surface area contributed by atoms with Gasteiger partial charge in [0.2, 0.25) is 11.8 Å². The topological polar surface area (TPSA) is 61.4 Å². The molecular formula is C24H27N3O2. The summed E-state index contributed by atoms with van der Waals surface area (Å²) in [6.45, 7) is 4.21. The molecule has 5 heteroatoms. The first kappa shape index (κ1) is 20.6. The Bertz CT molecular complexity index is 993.